The van der Waals surface area contributed by atoms with E-state index in [1.54, 1.807) is 18.2 Å². The molecular formula is C17H19FN4O. The number of aromatic amines is 1. The summed E-state index contributed by atoms with van der Waals surface area (Å²) in [5.41, 5.74) is 1.76. The van der Waals surface area contributed by atoms with Crippen molar-refractivity contribution in [1.82, 2.24) is 15.0 Å². The quantitative estimate of drug-likeness (QED) is 0.676. The van der Waals surface area contributed by atoms with E-state index in [1.165, 1.54) is 12.4 Å². The molecule has 1 unspecified atom stereocenters. The number of halogens is 1. The minimum Gasteiger partial charge on any atom is -0.394 e. The summed E-state index contributed by atoms with van der Waals surface area (Å²) < 4.78 is 14.0. The molecule has 0 fully saturated rings. The highest BCUT2D eigenvalue weighted by Crippen LogP contribution is 2.28. The second kappa shape index (κ2) is 6.34. The van der Waals surface area contributed by atoms with Crippen LogP contribution in [0.3, 0.4) is 0 Å². The number of anilines is 1. The largest absolute Gasteiger partial charge is 0.394 e. The van der Waals surface area contributed by atoms with E-state index in [4.69, 9.17) is 0 Å². The lowest BCUT2D eigenvalue weighted by molar-refractivity contribution is 0.249. The van der Waals surface area contributed by atoms with Crippen LogP contribution in [-0.4, -0.2) is 32.7 Å². The van der Waals surface area contributed by atoms with Crippen molar-refractivity contribution in [2.75, 3.05) is 11.9 Å². The first kappa shape index (κ1) is 15.4. The molecule has 0 bridgehead atoms. The van der Waals surface area contributed by atoms with Crippen molar-refractivity contribution in [1.29, 1.82) is 0 Å². The average Bonchev–Trinajstić information content (AvgIpc) is 2.97. The van der Waals surface area contributed by atoms with Crippen molar-refractivity contribution < 1.29 is 9.50 Å². The third-order valence-corrected chi connectivity index (χ3v) is 3.91. The molecule has 1 aromatic carbocycles. The highest BCUT2D eigenvalue weighted by atomic mass is 19.1. The minimum absolute atomic E-state index is 0.00769. The number of benzene rings is 1. The van der Waals surface area contributed by atoms with Crippen molar-refractivity contribution in [3.05, 3.63) is 42.5 Å². The predicted molar refractivity (Wildman–Crippen MR) is 88.6 cm³/mol. The first-order chi connectivity index (χ1) is 11.1. The van der Waals surface area contributed by atoms with Crippen LogP contribution in [0.1, 0.15) is 13.8 Å². The number of nitrogens with zero attached hydrogens (tertiary/aromatic N) is 2. The third kappa shape index (κ3) is 3.03. The zero-order chi connectivity index (χ0) is 16.4. The van der Waals surface area contributed by atoms with E-state index in [-0.39, 0.29) is 24.4 Å². The van der Waals surface area contributed by atoms with Crippen LogP contribution in [0.25, 0.3) is 22.3 Å². The van der Waals surface area contributed by atoms with E-state index in [0.29, 0.717) is 22.7 Å². The Labute approximate surface area is 133 Å². The van der Waals surface area contributed by atoms with E-state index in [0.717, 1.165) is 5.39 Å². The van der Waals surface area contributed by atoms with Gasteiger partial charge in [-0.3, -0.25) is 0 Å². The fourth-order valence-electron chi connectivity index (χ4n) is 2.48. The number of hydrogen-bond donors (Lipinski definition) is 3. The number of fused-ring (bicyclic) bond motifs is 1. The number of aliphatic hydroxyl groups excluding tert-OH is 1. The molecule has 3 N–H and O–H groups in total. The molecule has 0 amide bonds. The summed E-state index contributed by atoms with van der Waals surface area (Å²) in [5.74, 6) is 0.577. The second-order valence-electron chi connectivity index (χ2n) is 5.82. The van der Waals surface area contributed by atoms with Gasteiger partial charge in [0.25, 0.3) is 0 Å². The predicted octanol–water partition coefficient (Wildman–Crippen LogP) is 3.19. The summed E-state index contributed by atoms with van der Waals surface area (Å²) in [4.78, 5) is 11.6. The van der Waals surface area contributed by atoms with Crippen molar-refractivity contribution >= 4 is 16.9 Å². The van der Waals surface area contributed by atoms with Gasteiger partial charge in [-0.05, 0) is 24.1 Å². The highest BCUT2D eigenvalue weighted by Gasteiger charge is 2.16. The molecule has 2 aromatic heterocycles. The molecule has 6 heteroatoms. The molecule has 0 aliphatic carbocycles. The summed E-state index contributed by atoms with van der Waals surface area (Å²) in [6.45, 7) is 4.05. The van der Waals surface area contributed by atoms with Crippen LogP contribution in [0.5, 0.6) is 0 Å². The van der Waals surface area contributed by atoms with Crippen LogP contribution in [0, 0.1) is 11.7 Å². The van der Waals surface area contributed by atoms with Gasteiger partial charge in [0, 0.05) is 5.56 Å². The Balaban J connectivity index is 2.03. The van der Waals surface area contributed by atoms with Crippen LogP contribution in [0.15, 0.2) is 36.7 Å². The Morgan fingerprint density at radius 2 is 2.04 bits per heavy atom. The molecule has 5 nitrogen and oxygen atoms in total. The first-order valence-corrected chi connectivity index (χ1v) is 7.56. The highest BCUT2D eigenvalue weighted by molar-refractivity contribution is 5.91. The van der Waals surface area contributed by atoms with E-state index < -0.39 is 0 Å². The number of H-pyrrole nitrogens is 1. The van der Waals surface area contributed by atoms with Crippen LogP contribution >= 0.6 is 0 Å². The fraction of sp³-hybridized carbons (Fsp3) is 0.294. The summed E-state index contributed by atoms with van der Waals surface area (Å²) in [5, 5.41) is 13.5. The van der Waals surface area contributed by atoms with E-state index in [2.05, 4.69) is 20.3 Å². The lowest BCUT2D eigenvalue weighted by Crippen LogP contribution is -2.29. The van der Waals surface area contributed by atoms with Crippen LogP contribution < -0.4 is 5.32 Å². The second-order valence-corrected chi connectivity index (χ2v) is 5.82. The normalized spacial score (nSPS) is 12.7. The average molecular weight is 314 g/mol. The monoisotopic (exact) mass is 314 g/mol. The molecule has 0 radical (unpaired) electrons. The SMILES string of the molecule is CC(C)C(CO)Nc1ncnc2[nH]c(-c3ccccc3F)cc12. The van der Waals surface area contributed by atoms with Gasteiger partial charge < -0.3 is 15.4 Å². The van der Waals surface area contributed by atoms with Gasteiger partial charge in [0.1, 0.15) is 23.6 Å². The molecule has 3 aromatic rings. The smallest absolute Gasteiger partial charge is 0.143 e. The molecule has 0 aliphatic rings. The van der Waals surface area contributed by atoms with Crippen LogP contribution in [0.4, 0.5) is 10.2 Å². The zero-order valence-corrected chi connectivity index (χ0v) is 13.0. The van der Waals surface area contributed by atoms with Crippen LogP contribution in [0.2, 0.25) is 0 Å². The van der Waals surface area contributed by atoms with Gasteiger partial charge in [0.15, 0.2) is 0 Å². The Bertz CT molecular complexity index is 815. The third-order valence-electron chi connectivity index (χ3n) is 3.91. The standard InChI is InChI=1S/C17H19FN4O/c1-10(2)15(8-23)22-17-12-7-14(21-16(12)19-9-20-17)11-5-3-4-6-13(11)18/h3-7,9-10,15,23H,8H2,1-2H3,(H2,19,20,21,22). The number of hydrogen-bond acceptors (Lipinski definition) is 4. The fourth-order valence-corrected chi connectivity index (χ4v) is 2.48. The number of nitrogens with one attached hydrogen (secondary N) is 2. The number of aliphatic hydroxyl groups is 1. The summed E-state index contributed by atoms with van der Waals surface area (Å²) >= 11 is 0. The lowest BCUT2D eigenvalue weighted by atomic mass is 10.1. The van der Waals surface area contributed by atoms with Gasteiger partial charge >= 0.3 is 0 Å². The molecular weight excluding hydrogens is 295 g/mol. The topological polar surface area (TPSA) is 73.8 Å². The van der Waals surface area contributed by atoms with Gasteiger partial charge in [-0.2, -0.15) is 0 Å². The molecule has 3 rings (SSSR count). The maximum atomic E-state index is 14.0. The van der Waals surface area contributed by atoms with E-state index in [1.807, 2.05) is 19.9 Å². The van der Waals surface area contributed by atoms with Gasteiger partial charge in [-0.1, -0.05) is 26.0 Å². The van der Waals surface area contributed by atoms with Gasteiger partial charge in [0.05, 0.1) is 23.7 Å². The summed E-state index contributed by atoms with van der Waals surface area (Å²) in [6.07, 6.45) is 1.45. The Morgan fingerprint density at radius 3 is 2.74 bits per heavy atom. The molecule has 23 heavy (non-hydrogen) atoms. The van der Waals surface area contributed by atoms with Crippen LogP contribution in [-0.2, 0) is 0 Å². The maximum Gasteiger partial charge on any atom is 0.143 e. The Hall–Kier alpha value is -2.47. The van der Waals surface area contributed by atoms with Gasteiger partial charge in [-0.25, -0.2) is 14.4 Å². The van der Waals surface area contributed by atoms with Crippen molar-refractivity contribution in [2.45, 2.75) is 19.9 Å². The van der Waals surface area contributed by atoms with E-state index >= 15 is 0 Å². The summed E-state index contributed by atoms with van der Waals surface area (Å²) in [6, 6.07) is 8.29. The molecule has 0 saturated heterocycles. The molecule has 0 aliphatic heterocycles. The van der Waals surface area contributed by atoms with Crippen molar-refractivity contribution in [3.63, 3.8) is 0 Å². The van der Waals surface area contributed by atoms with Gasteiger partial charge in [0.2, 0.25) is 0 Å². The number of rotatable bonds is 5. The molecule has 1 atom stereocenters. The Morgan fingerprint density at radius 1 is 1.26 bits per heavy atom. The van der Waals surface area contributed by atoms with E-state index in [9.17, 15) is 9.50 Å². The first-order valence-electron chi connectivity index (χ1n) is 7.56. The van der Waals surface area contributed by atoms with Crippen molar-refractivity contribution in [3.8, 4) is 11.3 Å². The molecule has 120 valence electrons. The molecule has 0 spiro atoms. The zero-order valence-electron chi connectivity index (χ0n) is 13.0. The Kier molecular flexibility index (Phi) is 4.25. The molecule has 2 heterocycles. The molecule has 0 saturated carbocycles. The van der Waals surface area contributed by atoms with Gasteiger partial charge in [-0.15, -0.1) is 0 Å². The number of aromatic nitrogens is 3. The lowest BCUT2D eigenvalue weighted by Gasteiger charge is -2.20. The van der Waals surface area contributed by atoms with Crippen molar-refractivity contribution in [2.24, 2.45) is 5.92 Å². The maximum absolute atomic E-state index is 14.0. The minimum atomic E-state index is -0.295. The summed E-state index contributed by atoms with van der Waals surface area (Å²) in [7, 11) is 0.